The highest BCUT2D eigenvalue weighted by molar-refractivity contribution is 6.08. The molecular formula is C17H23N2O4+. The molecule has 0 aliphatic carbocycles. The van der Waals surface area contributed by atoms with Crippen molar-refractivity contribution in [3.8, 4) is 0 Å². The normalized spacial score (nSPS) is 18.0. The molecule has 1 atom stereocenters. The van der Waals surface area contributed by atoms with Crippen LogP contribution in [0, 0.1) is 6.92 Å². The summed E-state index contributed by atoms with van der Waals surface area (Å²) < 4.78 is 0. The second-order valence-electron chi connectivity index (χ2n) is 5.72. The van der Waals surface area contributed by atoms with E-state index in [1.165, 1.54) is 11.8 Å². The minimum Gasteiger partial charge on any atom is -0.503 e. The van der Waals surface area contributed by atoms with Crippen LogP contribution in [0.15, 0.2) is 35.6 Å². The van der Waals surface area contributed by atoms with Crippen LogP contribution in [0.2, 0.25) is 0 Å². The lowest BCUT2D eigenvalue weighted by atomic mass is 9.96. The van der Waals surface area contributed by atoms with Crippen molar-refractivity contribution in [2.45, 2.75) is 19.9 Å². The summed E-state index contributed by atoms with van der Waals surface area (Å²) in [6.07, 6.45) is 0. The topological polar surface area (TPSA) is 94.5 Å². The lowest BCUT2D eigenvalue weighted by molar-refractivity contribution is -0.655. The number of carbonyl (C=O) groups excluding carboxylic acids is 2. The molecule has 1 aromatic rings. The van der Waals surface area contributed by atoms with Crippen LogP contribution in [0.25, 0.3) is 0 Å². The molecule has 0 saturated carbocycles. The number of Topliss-reactive ketones (excluding diaryl/α,β-unsaturated/α-hetero) is 1. The molecule has 0 bridgehead atoms. The fourth-order valence-corrected chi connectivity index (χ4v) is 2.81. The summed E-state index contributed by atoms with van der Waals surface area (Å²) in [4.78, 5) is 25.8. The van der Waals surface area contributed by atoms with Crippen molar-refractivity contribution in [2.24, 2.45) is 0 Å². The van der Waals surface area contributed by atoms with Crippen LogP contribution < -0.4 is 5.32 Å². The fraction of sp³-hybridized carbons (Fsp3) is 0.412. The van der Waals surface area contributed by atoms with Gasteiger partial charge < -0.3 is 20.4 Å². The molecular weight excluding hydrogens is 296 g/mol. The van der Waals surface area contributed by atoms with E-state index >= 15 is 0 Å². The lowest BCUT2D eigenvalue weighted by Crippen LogP contribution is -2.86. The predicted octanol–water partition coefficient (Wildman–Crippen LogP) is -0.165. The van der Waals surface area contributed by atoms with Crippen molar-refractivity contribution < 1.29 is 25.1 Å². The molecule has 0 saturated heterocycles. The second-order valence-corrected chi connectivity index (χ2v) is 5.72. The minimum atomic E-state index is -0.553. The van der Waals surface area contributed by atoms with Gasteiger partial charge in [0.05, 0.1) is 37.9 Å². The van der Waals surface area contributed by atoms with Gasteiger partial charge in [0.15, 0.2) is 11.5 Å². The summed E-state index contributed by atoms with van der Waals surface area (Å²) in [7, 11) is 0. The number of hydrogen-bond acceptors (Lipinski definition) is 4. The largest absolute Gasteiger partial charge is 0.503 e. The monoisotopic (exact) mass is 319 g/mol. The average molecular weight is 319 g/mol. The molecule has 1 amide bonds. The Balaban J connectivity index is 2.31. The number of aliphatic hydroxyl groups is 2. The summed E-state index contributed by atoms with van der Waals surface area (Å²) in [6.45, 7) is 4.92. The third-order valence-electron chi connectivity index (χ3n) is 3.98. The summed E-state index contributed by atoms with van der Waals surface area (Å²) in [5.74, 6) is -1.27. The van der Waals surface area contributed by atoms with Crippen molar-refractivity contribution in [2.75, 3.05) is 26.2 Å². The summed E-state index contributed by atoms with van der Waals surface area (Å²) in [5, 5.41) is 20.8. The Labute approximate surface area is 135 Å². The number of ketones is 1. The van der Waals surface area contributed by atoms with Gasteiger partial charge in [0.1, 0.15) is 0 Å². The van der Waals surface area contributed by atoms with Gasteiger partial charge in [-0.1, -0.05) is 29.8 Å². The fourth-order valence-electron chi connectivity index (χ4n) is 2.81. The van der Waals surface area contributed by atoms with E-state index in [9.17, 15) is 14.7 Å². The molecule has 6 heteroatoms. The zero-order chi connectivity index (χ0) is 17.0. The highest BCUT2D eigenvalue weighted by Crippen LogP contribution is 2.37. The van der Waals surface area contributed by atoms with Crippen LogP contribution in [-0.4, -0.2) is 53.0 Å². The van der Waals surface area contributed by atoms with Gasteiger partial charge in [-0.3, -0.25) is 9.59 Å². The number of rotatable bonds is 7. The standard InChI is InChI=1S/C17H22N2O4/c1-11-3-5-13(6-4-11)15-14(12(2)21)16(22)17(23)19(15)9-7-18-8-10-20/h3-6,15,18,20,22H,7-10H2,1-2H3/p+1/t15-/m0/s1. The van der Waals surface area contributed by atoms with Gasteiger partial charge in [0, 0.05) is 0 Å². The van der Waals surface area contributed by atoms with Gasteiger partial charge in [-0.25, -0.2) is 0 Å². The van der Waals surface area contributed by atoms with Crippen LogP contribution in [0.5, 0.6) is 0 Å². The van der Waals surface area contributed by atoms with E-state index in [-0.39, 0.29) is 18.0 Å². The van der Waals surface area contributed by atoms with Crippen molar-refractivity contribution >= 4 is 11.7 Å². The van der Waals surface area contributed by atoms with E-state index in [0.29, 0.717) is 19.6 Å². The van der Waals surface area contributed by atoms with Crippen LogP contribution in [-0.2, 0) is 9.59 Å². The number of aliphatic hydroxyl groups excluding tert-OH is 2. The quantitative estimate of drug-likeness (QED) is 0.609. The molecule has 6 nitrogen and oxygen atoms in total. The molecule has 124 valence electrons. The van der Waals surface area contributed by atoms with Gasteiger partial charge in [0.25, 0.3) is 5.91 Å². The first-order valence-corrected chi connectivity index (χ1v) is 7.71. The van der Waals surface area contributed by atoms with Gasteiger partial charge in [-0.05, 0) is 19.4 Å². The Bertz CT molecular complexity index is 622. The third kappa shape index (κ3) is 3.60. The molecule has 0 radical (unpaired) electrons. The van der Waals surface area contributed by atoms with Crippen LogP contribution in [0.4, 0.5) is 0 Å². The number of benzene rings is 1. The van der Waals surface area contributed by atoms with Gasteiger partial charge in [-0.15, -0.1) is 0 Å². The van der Waals surface area contributed by atoms with E-state index in [4.69, 9.17) is 5.11 Å². The predicted molar refractivity (Wildman–Crippen MR) is 84.7 cm³/mol. The van der Waals surface area contributed by atoms with E-state index in [0.717, 1.165) is 11.1 Å². The molecule has 0 fully saturated rings. The number of hydrogen-bond donors (Lipinski definition) is 3. The van der Waals surface area contributed by atoms with E-state index in [2.05, 4.69) is 0 Å². The molecule has 4 N–H and O–H groups in total. The van der Waals surface area contributed by atoms with Gasteiger partial charge in [-0.2, -0.15) is 0 Å². The Hall–Kier alpha value is -2.18. The molecule has 1 aromatic carbocycles. The SMILES string of the molecule is CC(=O)C1=C(O)C(=O)N(CC[NH2+]CCO)[C@H]1c1ccc(C)cc1. The zero-order valence-electron chi connectivity index (χ0n) is 13.5. The molecule has 1 aliphatic heterocycles. The minimum absolute atomic E-state index is 0.0670. The Kier molecular flexibility index (Phi) is 5.52. The van der Waals surface area contributed by atoms with Crippen LogP contribution in [0.1, 0.15) is 24.1 Å². The number of nitrogens with two attached hydrogens (primary N) is 1. The number of aryl methyl sites for hydroxylation is 1. The lowest BCUT2D eigenvalue weighted by Gasteiger charge is -2.26. The molecule has 0 unspecified atom stereocenters. The first-order valence-electron chi connectivity index (χ1n) is 7.71. The zero-order valence-corrected chi connectivity index (χ0v) is 13.5. The molecule has 0 spiro atoms. The number of nitrogens with zero attached hydrogens (tertiary/aromatic N) is 1. The van der Waals surface area contributed by atoms with Gasteiger partial charge in [0.2, 0.25) is 0 Å². The highest BCUT2D eigenvalue weighted by Gasteiger charge is 2.42. The van der Waals surface area contributed by atoms with E-state index < -0.39 is 17.7 Å². The maximum atomic E-state index is 12.3. The summed E-state index contributed by atoms with van der Waals surface area (Å²) >= 11 is 0. The summed E-state index contributed by atoms with van der Waals surface area (Å²) in [6, 6.07) is 7.04. The Morgan fingerprint density at radius 3 is 2.48 bits per heavy atom. The van der Waals surface area contributed by atoms with Crippen molar-refractivity contribution in [1.29, 1.82) is 0 Å². The molecule has 23 heavy (non-hydrogen) atoms. The molecule has 1 aliphatic rings. The number of carbonyl (C=O) groups is 2. The van der Waals surface area contributed by atoms with Crippen molar-refractivity contribution in [1.82, 2.24) is 4.90 Å². The maximum Gasteiger partial charge on any atom is 0.290 e. The Morgan fingerprint density at radius 1 is 1.26 bits per heavy atom. The molecule has 2 rings (SSSR count). The summed E-state index contributed by atoms with van der Waals surface area (Å²) in [5.41, 5.74) is 2.04. The molecule has 1 heterocycles. The van der Waals surface area contributed by atoms with Gasteiger partial charge >= 0.3 is 0 Å². The smallest absolute Gasteiger partial charge is 0.290 e. The van der Waals surface area contributed by atoms with Crippen molar-refractivity contribution in [3.63, 3.8) is 0 Å². The van der Waals surface area contributed by atoms with E-state index in [1.807, 2.05) is 36.5 Å². The van der Waals surface area contributed by atoms with E-state index in [1.54, 1.807) is 0 Å². The Morgan fingerprint density at radius 2 is 1.91 bits per heavy atom. The average Bonchev–Trinajstić information content (AvgIpc) is 2.77. The first-order chi connectivity index (χ1) is 11.0. The maximum absolute atomic E-state index is 12.3. The highest BCUT2D eigenvalue weighted by atomic mass is 16.3. The number of amides is 1. The van der Waals surface area contributed by atoms with Crippen LogP contribution >= 0.6 is 0 Å². The van der Waals surface area contributed by atoms with Crippen molar-refractivity contribution in [3.05, 3.63) is 46.7 Å². The second kappa shape index (κ2) is 7.39. The third-order valence-corrected chi connectivity index (χ3v) is 3.98. The molecule has 0 aromatic heterocycles. The first kappa shape index (κ1) is 17.2. The number of quaternary nitrogens is 1. The van der Waals surface area contributed by atoms with Crippen LogP contribution in [0.3, 0.4) is 0 Å².